The summed E-state index contributed by atoms with van der Waals surface area (Å²) in [4.78, 5) is 29.0. The molecule has 2 heterocycles. The average molecular weight is 478 g/mol. The average Bonchev–Trinajstić information content (AvgIpc) is 3.30. The van der Waals surface area contributed by atoms with Gasteiger partial charge in [0.1, 0.15) is 12.4 Å². The summed E-state index contributed by atoms with van der Waals surface area (Å²) in [5.74, 6) is 1.49. The van der Waals surface area contributed by atoms with E-state index in [2.05, 4.69) is 46.1 Å². The second-order valence-corrected chi connectivity index (χ2v) is 11.9. The number of carbonyl (C=O) groups excluding carboxylic acids is 1. The highest BCUT2D eigenvalue weighted by atomic mass is 16.6. The number of aryl methyl sites for hydroxylation is 1. The van der Waals surface area contributed by atoms with Crippen molar-refractivity contribution < 1.29 is 9.72 Å². The first-order valence-electron chi connectivity index (χ1n) is 13.1. The van der Waals surface area contributed by atoms with Crippen molar-refractivity contribution in [1.82, 2.24) is 19.6 Å². The zero-order chi connectivity index (χ0) is 24.2. The summed E-state index contributed by atoms with van der Waals surface area (Å²) >= 11 is 0. The predicted molar refractivity (Wildman–Crippen MR) is 132 cm³/mol. The van der Waals surface area contributed by atoms with Crippen molar-refractivity contribution in [3.63, 3.8) is 0 Å². The number of carbonyl (C=O) groups is 1. The van der Waals surface area contributed by atoms with Gasteiger partial charge in [0.15, 0.2) is 0 Å². The summed E-state index contributed by atoms with van der Waals surface area (Å²) < 4.78 is 1.89. The number of hydrogen-bond donors (Lipinski definition) is 0. The lowest BCUT2D eigenvalue weighted by molar-refractivity contribution is -0.385. The molecule has 4 aliphatic carbocycles. The minimum atomic E-state index is -0.359. The van der Waals surface area contributed by atoms with E-state index in [-0.39, 0.29) is 21.6 Å². The SMILES string of the molecule is Cc1cccc(CN2CCN(C(=O)CC34CC5CC(C3)CC(n3cc([N+](=O)[O-])cn3)(C5)C4)CC2)c1. The van der Waals surface area contributed by atoms with Crippen molar-refractivity contribution in [3.8, 4) is 0 Å². The van der Waals surface area contributed by atoms with E-state index in [0.29, 0.717) is 24.2 Å². The van der Waals surface area contributed by atoms with Crippen LogP contribution >= 0.6 is 0 Å². The molecule has 186 valence electrons. The lowest BCUT2D eigenvalue weighted by Gasteiger charge is -2.62. The first kappa shape index (κ1) is 22.7. The van der Waals surface area contributed by atoms with Gasteiger partial charge in [0.05, 0.1) is 10.5 Å². The van der Waals surface area contributed by atoms with Crippen LogP contribution in [-0.2, 0) is 16.9 Å². The Bertz CT molecular complexity index is 1120. The van der Waals surface area contributed by atoms with Crippen LogP contribution in [0.2, 0.25) is 0 Å². The minimum absolute atomic E-state index is 0.0145. The summed E-state index contributed by atoms with van der Waals surface area (Å²) in [6.45, 7) is 6.49. The number of amides is 1. The van der Waals surface area contributed by atoms with Crippen LogP contribution in [0, 0.1) is 34.3 Å². The Labute approximate surface area is 206 Å². The molecule has 1 aliphatic heterocycles. The van der Waals surface area contributed by atoms with Crippen molar-refractivity contribution in [2.75, 3.05) is 26.2 Å². The van der Waals surface area contributed by atoms with Crippen molar-refractivity contribution in [3.05, 3.63) is 57.9 Å². The van der Waals surface area contributed by atoms with Gasteiger partial charge in [-0.05, 0) is 68.3 Å². The van der Waals surface area contributed by atoms with Crippen LogP contribution in [0.3, 0.4) is 0 Å². The van der Waals surface area contributed by atoms with Crippen LogP contribution in [-0.4, -0.2) is 56.6 Å². The van der Waals surface area contributed by atoms with Gasteiger partial charge in [0.25, 0.3) is 0 Å². The predicted octanol–water partition coefficient (Wildman–Crippen LogP) is 4.13. The molecule has 0 spiro atoms. The van der Waals surface area contributed by atoms with E-state index in [1.165, 1.54) is 23.7 Å². The lowest BCUT2D eigenvalue weighted by Crippen LogP contribution is -2.58. The van der Waals surface area contributed by atoms with Gasteiger partial charge in [-0.2, -0.15) is 5.10 Å². The lowest BCUT2D eigenvalue weighted by atomic mass is 9.46. The molecule has 35 heavy (non-hydrogen) atoms. The largest absolute Gasteiger partial charge is 0.340 e. The highest BCUT2D eigenvalue weighted by molar-refractivity contribution is 5.77. The van der Waals surface area contributed by atoms with E-state index in [1.54, 1.807) is 6.20 Å². The van der Waals surface area contributed by atoms with E-state index in [1.807, 2.05) is 4.68 Å². The maximum Gasteiger partial charge on any atom is 0.307 e. The molecule has 1 amide bonds. The Balaban J connectivity index is 1.11. The normalized spacial score (nSPS) is 32.2. The Hall–Kier alpha value is -2.74. The van der Waals surface area contributed by atoms with E-state index in [4.69, 9.17) is 0 Å². The van der Waals surface area contributed by atoms with Crippen molar-refractivity contribution >= 4 is 11.6 Å². The molecule has 5 fully saturated rings. The van der Waals surface area contributed by atoms with Gasteiger partial charge in [0.2, 0.25) is 5.91 Å². The standard InChI is InChI=1S/C27H35N5O3/c1-20-3-2-4-21(9-20)17-29-5-7-30(8-6-29)25(33)15-26-11-22-10-23(12-26)14-27(13-22,19-26)31-18-24(16-28-31)32(34)35/h2-4,9,16,18,22-23H,5-8,10-15,17,19H2,1H3. The maximum atomic E-state index is 13.5. The fourth-order valence-electron chi connectivity index (χ4n) is 8.20. The number of aromatic nitrogens is 2. The summed E-state index contributed by atoms with van der Waals surface area (Å²) in [6, 6.07) is 8.67. The van der Waals surface area contributed by atoms with Crippen LogP contribution < -0.4 is 0 Å². The van der Waals surface area contributed by atoms with E-state index < -0.39 is 0 Å². The quantitative estimate of drug-likeness (QED) is 0.461. The second-order valence-electron chi connectivity index (χ2n) is 11.9. The van der Waals surface area contributed by atoms with Crippen LogP contribution in [0.1, 0.15) is 56.1 Å². The Kier molecular flexibility index (Phi) is 5.47. The van der Waals surface area contributed by atoms with Gasteiger partial charge in [-0.25, -0.2) is 0 Å². The van der Waals surface area contributed by atoms with Crippen molar-refractivity contribution in [2.24, 2.45) is 17.3 Å². The van der Waals surface area contributed by atoms with E-state index in [9.17, 15) is 14.9 Å². The Morgan fingerprint density at radius 1 is 1.14 bits per heavy atom. The van der Waals surface area contributed by atoms with E-state index in [0.717, 1.165) is 64.8 Å². The van der Waals surface area contributed by atoms with Crippen molar-refractivity contribution in [1.29, 1.82) is 0 Å². The van der Waals surface area contributed by atoms with Gasteiger partial charge in [-0.15, -0.1) is 0 Å². The maximum absolute atomic E-state index is 13.5. The third-order valence-electron chi connectivity index (χ3n) is 9.16. The van der Waals surface area contributed by atoms with Crippen LogP contribution in [0.15, 0.2) is 36.7 Å². The monoisotopic (exact) mass is 477 g/mol. The number of hydrogen-bond acceptors (Lipinski definition) is 5. The van der Waals surface area contributed by atoms with Crippen LogP contribution in [0.5, 0.6) is 0 Å². The molecule has 4 bridgehead atoms. The third kappa shape index (κ3) is 4.26. The molecule has 2 atom stereocenters. The fourth-order valence-corrected chi connectivity index (χ4v) is 8.20. The fraction of sp³-hybridized carbons (Fsp3) is 0.630. The van der Waals surface area contributed by atoms with Crippen LogP contribution in [0.4, 0.5) is 5.69 Å². The van der Waals surface area contributed by atoms with Crippen LogP contribution in [0.25, 0.3) is 0 Å². The summed E-state index contributed by atoms with van der Waals surface area (Å²) in [5.41, 5.74) is 2.54. The smallest absolute Gasteiger partial charge is 0.307 e. The minimum Gasteiger partial charge on any atom is -0.340 e. The first-order valence-corrected chi connectivity index (χ1v) is 13.1. The van der Waals surface area contributed by atoms with Gasteiger partial charge < -0.3 is 4.90 Å². The molecule has 0 radical (unpaired) electrons. The number of nitrogens with zero attached hydrogens (tertiary/aromatic N) is 5. The molecule has 2 unspecified atom stereocenters. The molecule has 5 aliphatic rings. The first-order chi connectivity index (χ1) is 16.8. The van der Waals surface area contributed by atoms with E-state index >= 15 is 0 Å². The number of benzene rings is 1. The van der Waals surface area contributed by atoms with Gasteiger partial charge >= 0.3 is 5.69 Å². The highest BCUT2D eigenvalue weighted by Crippen LogP contribution is 2.65. The summed E-state index contributed by atoms with van der Waals surface area (Å²) in [7, 11) is 0. The van der Waals surface area contributed by atoms with Gasteiger partial charge in [-0.1, -0.05) is 29.8 Å². The number of rotatable bonds is 6. The Morgan fingerprint density at radius 2 is 1.89 bits per heavy atom. The molecule has 1 aromatic heterocycles. The number of nitro groups is 1. The Morgan fingerprint density at radius 3 is 2.54 bits per heavy atom. The zero-order valence-electron chi connectivity index (χ0n) is 20.6. The molecule has 8 nitrogen and oxygen atoms in total. The molecule has 7 rings (SSSR count). The summed E-state index contributed by atoms with van der Waals surface area (Å²) in [6.07, 6.45) is 10.1. The topological polar surface area (TPSA) is 84.5 Å². The zero-order valence-corrected chi connectivity index (χ0v) is 20.6. The second kappa shape index (κ2) is 8.43. The van der Waals surface area contributed by atoms with Gasteiger partial charge in [0, 0.05) is 39.1 Å². The molecular weight excluding hydrogens is 442 g/mol. The molecule has 1 saturated heterocycles. The molecule has 4 saturated carbocycles. The number of piperazine rings is 1. The molecule has 0 N–H and O–H groups in total. The molecule has 8 heteroatoms. The molecule has 1 aromatic carbocycles. The van der Waals surface area contributed by atoms with Gasteiger partial charge in [-0.3, -0.25) is 24.5 Å². The summed E-state index contributed by atoms with van der Waals surface area (Å²) in [5, 5.41) is 15.7. The third-order valence-corrected chi connectivity index (χ3v) is 9.16. The highest BCUT2D eigenvalue weighted by Gasteiger charge is 2.59. The van der Waals surface area contributed by atoms with Crippen molar-refractivity contribution in [2.45, 2.75) is 64.0 Å². The molecule has 2 aromatic rings. The molecular formula is C27H35N5O3.